The SMILES string of the molecule is c1ccc(-n2c3ccc(-c4ccc5c(c4)c4ccccc4n5-c4nc5c6c(cccc6n4)Oc4ccccc4-5)cc3c3cc4ccccc4cc32)cc1. The van der Waals surface area contributed by atoms with E-state index in [9.17, 15) is 0 Å². The van der Waals surface area contributed by atoms with Gasteiger partial charge in [0.25, 0.3) is 0 Å². The fourth-order valence-electron chi connectivity index (χ4n) is 8.50. The van der Waals surface area contributed by atoms with E-state index in [1.807, 2.05) is 36.4 Å². The van der Waals surface area contributed by atoms with E-state index in [0.717, 1.165) is 66.7 Å². The van der Waals surface area contributed by atoms with Crippen LogP contribution in [0.5, 0.6) is 11.5 Å². The zero-order valence-corrected chi connectivity index (χ0v) is 28.4. The fraction of sp³-hybridized carbons (Fsp3) is 0. The second-order valence-corrected chi connectivity index (χ2v) is 13.8. The van der Waals surface area contributed by atoms with Crippen LogP contribution in [0.4, 0.5) is 0 Å². The zero-order chi connectivity index (χ0) is 34.6. The van der Waals surface area contributed by atoms with Crippen molar-refractivity contribution in [2.75, 3.05) is 0 Å². The number of nitrogens with zero attached hydrogens (tertiary/aromatic N) is 4. The van der Waals surface area contributed by atoms with Crippen molar-refractivity contribution < 1.29 is 4.74 Å². The molecular weight excluding hydrogens is 649 g/mol. The molecule has 8 aromatic carbocycles. The molecule has 0 atom stereocenters. The summed E-state index contributed by atoms with van der Waals surface area (Å²) in [5.41, 5.74) is 10.7. The van der Waals surface area contributed by atoms with E-state index in [1.54, 1.807) is 0 Å². The summed E-state index contributed by atoms with van der Waals surface area (Å²) >= 11 is 0. The molecule has 0 spiro atoms. The van der Waals surface area contributed by atoms with Gasteiger partial charge in [0.2, 0.25) is 5.95 Å². The van der Waals surface area contributed by atoms with Crippen molar-refractivity contribution in [2.45, 2.75) is 0 Å². The third kappa shape index (κ3) is 4.07. The van der Waals surface area contributed by atoms with Crippen molar-refractivity contribution in [2.24, 2.45) is 0 Å². The molecule has 3 aromatic heterocycles. The summed E-state index contributed by atoms with van der Waals surface area (Å²) in [6, 6.07) is 60.3. The number of benzene rings is 8. The number of para-hydroxylation sites is 3. The van der Waals surface area contributed by atoms with Crippen LogP contribution in [0.15, 0.2) is 170 Å². The first-order valence-electron chi connectivity index (χ1n) is 17.9. The van der Waals surface area contributed by atoms with E-state index >= 15 is 0 Å². The van der Waals surface area contributed by atoms with E-state index in [0.29, 0.717) is 5.95 Å². The minimum atomic E-state index is 0.641. The van der Waals surface area contributed by atoms with Gasteiger partial charge in [-0.1, -0.05) is 91.0 Å². The third-order valence-corrected chi connectivity index (χ3v) is 10.9. The van der Waals surface area contributed by atoms with Crippen molar-refractivity contribution in [3.05, 3.63) is 170 Å². The number of fused-ring (bicyclic) bond motifs is 9. The van der Waals surface area contributed by atoms with Gasteiger partial charge in [0.15, 0.2) is 0 Å². The Balaban J connectivity index is 1.08. The Kier molecular flexibility index (Phi) is 5.71. The van der Waals surface area contributed by atoms with Gasteiger partial charge in [-0.2, -0.15) is 0 Å². The lowest BCUT2D eigenvalue weighted by molar-refractivity contribution is 0.486. The molecule has 0 aliphatic carbocycles. The van der Waals surface area contributed by atoms with Gasteiger partial charge >= 0.3 is 0 Å². The lowest BCUT2D eigenvalue weighted by Gasteiger charge is -2.20. The molecule has 1 aliphatic heterocycles. The van der Waals surface area contributed by atoms with Crippen molar-refractivity contribution in [1.29, 1.82) is 0 Å². The first-order valence-corrected chi connectivity index (χ1v) is 17.9. The lowest BCUT2D eigenvalue weighted by atomic mass is 10.00. The number of hydrogen-bond acceptors (Lipinski definition) is 3. The van der Waals surface area contributed by atoms with E-state index < -0.39 is 0 Å². The van der Waals surface area contributed by atoms with Gasteiger partial charge in [-0.15, -0.1) is 0 Å². The van der Waals surface area contributed by atoms with Crippen LogP contribution < -0.4 is 4.74 Å². The van der Waals surface area contributed by atoms with Gasteiger partial charge in [0.1, 0.15) is 11.5 Å². The largest absolute Gasteiger partial charge is 0.456 e. The summed E-state index contributed by atoms with van der Waals surface area (Å²) in [7, 11) is 0. The molecule has 53 heavy (non-hydrogen) atoms. The van der Waals surface area contributed by atoms with Crippen molar-refractivity contribution in [3.63, 3.8) is 0 Å². The molecule has 0 radical (unpaired) electrons. The van der Waals surface area contributed by atoms with Gasteiger partial charge in [0, 0.05) is 32.8 Å². The van der Waals surface area contributed by atoms with Gasteiger partial charge < -0.3 is 9.30 Å². The van der Waals surface area contributed by atoms with Crippen LogP contribution in [-0.4, -0.2) is 19.1 Å². The molecule has 11 aromatic rings. The Morgan fingerprint density at radius 3 is 1.91 bits per heavy atom. The highest BCUT2D eigenvalue weighted by Gasteiger charge is 2.24. The molecule has 0 amide bonds. The highest BCUT2D eigenvalue weighted by Crippen LogP contribution is 2.46. The number of hydrogen-bond donors (Lipinski definition) is 0. The smallest absolute Gasteiger partial charge is 0.235 e. The first-order chi connectivity index (χ1) is 26.3. The maximum absolute atomic E-state index is 6.28. The predicted octanol–water partition coefficient (Wildman–Crippen LogP) is 12.4. The van der Waals surface area contributed by atoms with Crippen LogP contribution in [0.1, 0.15) is 0 Å². The van der Waals surface area contributed by atoms with Gasteiger partial charge in [-0.05, 0) is 101 Å². The summed E-state index contributed by atoms with van der Waals surface area (Å²) in [6.07, 6.45) is 0. The van der Waals surface area contributed by atoms with Gasteiger partial charge in [0.05, 0.1) is 38.7 Å². The molecule has 0 saturated heterocycles. The van der Waals surface area contributed by atoms with Crippen LogP contribution in [0.3, 0.4) is 0 Å². The normalized spacial score (nSPS) is 12.3. The van der Waals surface area contributed by atoms with Crippen LogP contribution in [0.25, 0.3) is 99.3 Å². The molecule has 5 nitrogen and oxygen atoms in total. The number of aromatic nitrogens is 4. The van der Waals surface area contributed by atoms with Crippen molar-refractivity contribution in [1.82, 2.24) is 19.1 Å². The van der Waals surface area contributed by atoms with E-state index in [1.165, 1.54) is 38.1 Å². The molecular formula is C48H28N4O. The van der Waals surface area contributed by atoms with Gasteiger partial charge in [-0.25, -0.2) is 9.97 Å². The average Bonchev–Trinajstić information content (AvgIpc) is 3.72. The first kappa shape index (κ1) is 28.5. The van der Waals surface area contributed by atoms with Crippen molar-refractivity contribution in [3.8, 4) is 45.5 Å². The molecule has 12 rings (SSSR count). The van der Waals surface area contributed by atoms with Crippen LogP contribution in [-0.2, 0) is 0 Å². The fourth-order valence-corrected chi connectivity index (χ4v) is 8.50. The summed E-state index contributed by atoms with van der Waals surface area (Å²) in [5.74, 6) is 2.23. The second kappa shape index (κ2) is 10.6. The minimum absolute atomic E-state index is 0.641. The quantitative estimate of drug-likeness (QED) is 0.187. The van der Waals surface area contributed by atoms with Gasteiger partial charge in [-0.3, -0.25) is 4.57 Å². The third-order valence-electron chi connectivity index (χ3n) is 10.9. The van der Waals surface area contributed by atoms with E-state index in [4.69, 9.17) is 14.7 Å². The van der Waals surface area contributed by atoms with E-state index in [-0.39, 0.29) is 0 Å². The molecule has 4 heterocycles. The summed E-state index contributed by atoms with van der Waals surface area (Å²) in [6.45, 7) is 0. The summed E-state index contributed by atoms with van der Waals surface area (Å²) < 4.78 is 10.9. The Bertz CT molecular complexity index is 3320. The molecule has 0 fully saturated rings. The lowest BCUT2D eigenvalue weighted by Crippen LogP contribution is -2.06. The monoisotopic (exact) mass is 676 g/mol. The zero-order valence-electron chi connectivity index (χ0n) is 28.4. The molecule has 5 heteroatoms. The summed E-state index contributed by atoms with van der Waals surface area (Å²) in [5, 5.41) is 8.21. The molecule has 1 aliphatic rings. The second-order valence-electron chi connectivity index (χ2n) is 13.8. The number of ether oxygens (including phenoxy) is 1. The standard InChI is InChI=1S/C48H28N4O/c1-2-13-33(14-3-1)51-41-23-21-32(27-37(41)38-25-29-11-4-5-12-30(29)28-43(38)51)31-22-24-42-36(26-31)34-15-6-8-18-40(34)52(42)48-49-39-17-10-20-45-46(39)47(50-48)35-16-7-9-19-44(35)53-45/h1-28H. The molecule has 0 N–H and O–H groups in total. The minimum Gasteiger partial charge on any atom is -0.456 e. The Labute approximate surface area is 303 Å². The average molecular weight is 677 g/mol. The summed E-state index contributed by atoms with van der Waals surface area (Å²) in [4.78, 5) is 10.4. The Morgan fingerprint density at radius 1 is 0.415 bits per heavy atom. The highest BCUT2D eigenvalue weighted by atomic mass is 16.5. The van der Waals surface area contributed by atoms with Crippen LogP contribution in [0, 0.1) is 0 Å². The maximum atomic E-state index is 6.28. The Morgan fingerprint density at radius 2 is 1.06 bits per heavy atom. The van der Waals surface area contributed by atoms with Crippen LogP contribution in [0.2, 0.25) is 0 Å². The van der Waals surface area contributed by atoms with E-state index in [2.05, 4.69) is 143 Å². The Hall–Kier alpha value is -7.24. The molecule has 0 bridgehead atoms. The number of rotatable bonds is 3. The highest BCUT2D eigenvalue weighted by molar-refractivity contribution is 6.15. The maximum Gasteiger partial charge on any atom is 0.235 e. The predicted molar refractivity (Wildman–Crippen MR) is 217 cm³/mol. The molecule has 0 saturated carbocycles. The topological polar surface area (TPSA) is 44.9 Å². The van der Waals surface area contributed by atoms with Crippen molar-refractivity contribution >= 4 is 65.3 Å². The van der Waals surface area contributed by atoms with Crippen LogP contribution >= 0.6 is 0 Å². The molecule has 0 unspecified atom stereocenters. The molecule has 246 valence electrons.